The topological polar surface area (TPSA) is 96.8 Å². The third-order valence-corrected chi connectivity index (χ3v) is 9.06. The van der Waals surface area contributed by atoms with Crippen molar-refractivity contribution >= 4 is 16.9 Å². The van der Waals surface area contributed by atoms with Crippen LogP contribution in [0.25, 0.3) is 22.2 Å². The molecule has 1 fully saturated rings. The van der Waals surface area contributed by atoms with Crippen molar-refractivity contribution in [2.24, 2.45) is 0 Å². The molecule has 0 aliphatic carbocycles. The van der Waals surface area contributed by atoms with E-state index < -0.39 is 6.29 Å². The lowest BCUT2D eigenvalue weighted by Gasteiger charge is -2.38. The second-order valence-electron chi connectivity index (χ2n) is 12.7. The molecule has 50 heavy (non-hydrogen) atoms. The van der Waals surface area contributed by atoms with E-state index in [4.69, 9.17) is 9.47 Å². The fourth-order valence-electron chi connectivity index (χ4n) is 6.45. The summed E-state index contributed by atoms with van der Waals surface area (Å²) in [4.78, 5) is 24.2. The van der Waals surface area contributed by atoms with Gasteiger partial charge in [-0.15, -0.1) is 0 Å². The first-order chi connectivity index (χ1) is 24.5. The number of aromatic nitrogens is 2. The van der Waals surface area contributed by atoms with E-state index in [-0.39, 0.29) is 30.4 Å². The van der Waals surface area contributed by atoms with E-state index in [1.54, 1.807) is 0 Å². The van der Waals surface area contributed by atoms with Gasteiger partial charge in [-0.05, 0) is 52.6 Å². The van der Waals surface area contributed by atoms with Crippen LogP contribution in [0.2, 0.25) is 0 Å². The molecule has 0 radical (unpaired) electrons. The van der Waals surface area contributed by atoms with Crippen LogP contribution in [0.4, 0.5) is 0 Å². The van der Waals surface area contributed by atoms with Gasteiger partial charge in [0.15, 0.2) is 6.29 Å². The summed E-state index contributed by atoms with van der Waals surface area (Å²) in [5.74, 6) is -0.274. The third kappa shape index (κ3) is 7.96. The fraction of sp³-hybridized carbons (Fsp3) is 0.214. The highest BCUT2D eigenvalue weighted by Gasteiger charge is 2.33. The number of ether oxygens (including phenoxy) is 2. The van der Waals surface area contributed by atoms with Crippen LogP contribution in [0, 0.1) is 0 Å². The molecule has 0 unspecified atom stereocenters. The Balaban J connectivity index is 1.06. The lowest BCUT2D eigenvalue weighted by molar-refractivity contribution is -0.252. The van der Waals surface area contributed by atoms with Crippen LogP contribution in [0.1, 0.15) is 57.1 Å². The molecule has 7 rings (SSSR count). The van der Waals surface area contributed by atoms with Gasteiger partial charge in [0.25, 0.3) is 5.91 Å². The highest BCUT2D eigenvalue weighted by molar-refractivity contribution is 5.93. The number of nitrogens with one attached hydrogen (secondary N) is 1. The summed E-state index contributed by atoms with van der Waals surface area (Å²) in [5, 5.41) is 12.6. The van der Waals surface area contributed by atoms with E-state index in [9.17, 15) is 9.90 Å². The second-order valence-corrected chi connectivity index (χ2v) is 12.7. The Morgan fingerprint density at radius 1 is 0.800 bits per heavy atom. The van der Waals surface area contributed by atoms with E-state index in [1.807, 2.05) is 72.8 Å². The average Bonchev–Trinajstić information content (AvgIpc) is 3.17. The predicted octanol–water partition coefficient (Wildman–Crippen LogP) is 7.40. The maximum atomic E-state index is 13.0. The maximum absolute atomic E-state index is 13.0. The van der Waals surface area contributed by atoms with Crippen LogP contribution in [-0.2, 0) is 29.2 Å². The van der Waals surface area contributed by atoms with Crippen molar-refractivity contribution in [3.05, 3.63) is 167 Å². The average molecular weight is 665 g/mol. The minimum absolute atomic E-state index is 0.00539. The quantitative estimate of drug-likeness (QED) is 0.149. The van der Waals surface area contributed by atoms with Gasteiger partial charge in [-0.25, -0.2) is 4.98 Å². The van der Waals surface area contributed by atoms with Gasteiger partial charge in [0.2, 0.25) is 0 Å². The Morgan fingerprint density at radius 2 is 1.50 bits per heavy atom. The highest BCUT2D eigenvalue weighted by atomic mass is 16.7. The van der Waals surface area contributed by atoms with Crippen molar-refractivity contribution < 1.29 is 19.4 Å². The molecule has 3 atom stereocenters. The first kappa shape index (κ1) is 33.3. The van der Waals surface area contributed by atoms with Gasteiger partial charge in [0.1, 0.15) is 5.69 Å². The summed E-state index contributed by atoms with van der Waals surface area (Å²) >= 11 is 0. The molecule has 1 amide bonds. The summed E-state index contributed by atoms with van der Waals surface area (Å²) in [6, 6.07) is 42.2. The van der Waals surface area contributed by atoms with Crippen molar-refractivity contribution in [2.75, 3.05) is 13.6 Å². The predicted molar refractivity (Wildman–Crippen MR) is 194 cm³/mol. The Morgan fingerprint density at radius 3 is 2.28 bits per heavy atom. The molecule has 252 valence electrons. The van der Waals surface area contributed by atoms with Crippen LogP contribution in [0.15, 0.2) is 134 Å². The maximum Gasteiger partial charge on any atom is 0.271 e. The number of amides is 1. The zero-order valence-corrected chi connectivity index (χ0v) is 28.0. The monoisotopic (exact) mass is 664 g/mol. The van der Waals surface area contributed by atoms with E-state index in [1.165, 1.54) is 11.8 Å². The number of carbonyl (C=O) groups is 1. The van der Waals surface area contributed by atoms with Gasteiger partial charge in [-0.3, -0.25) is 14.7 Å². The van der Waals surface area contributed by atoms with Gasteiger partial charge in [0, 0.05) is 31.6 Å². The van der Waals surface area contributed by atoms with Crippen molar-refractivity contribution in [1.29, 1.82) is 0 Å². The smallest absolute Gasteiger partial charge is 0.271 e. The van der Waals surface area contributed by atoms with Crippen molar-refractivity contribution in [3.63, 3.8) is 0 Å². The molecule has 1 aliphatic heterocycles. The molecule has 8 nitrogen and oxygen atoms in total. The Bertz CT molecular complexity index is 2040. The minimum Gasteiger partial charge on any atom is -0.392 e. The van der Waals surface area contributed by atoms with Gasteiger partial charge >= 0.3 is 0 Å². The van der Waals surface area contributed by atoms with Crippen molar-refractivity contribution in [1.82, 2.24) is 20.2 Å². The van der Waals surface area contributed by atoms with E-state index in [0.29, 0.717) is 12.1 Å². The molecule has 0 bridgehead atoms. The number of likely N-dealkylation sites (N-methyl/N-ethyl adjacent to an activating group) is 1. The molecule has 0 saturated carbocycles. The number of fused-ring (bicyclic) bond motifs is 1. The summed E-state index contributed by atoms with van der Waals surface area (Å²) in [6.07, 6.45) is 1.47. The van der Waals surface area contributed by atoms with Crippen LogP contribution in [-0.4, -0.2) is 45.6 Å². The van der Waals surface area contributed by atoms with E-state index in [0.717, 1.165) is 58.4 Å². The van der Waals surface area contributed by atoms with Gasteiger partial charge < -0.3 is 19.9 Å². The summed E-state index contributed by atoms with van der Waals surface area (Å²) in [6.45, 7) is 1.93. The summed E-state index contributed by atoms with van der Waals surface area (Å²) < 4.78 is 13.2. The number of rotatable bonds is 11. The SMILES string of the molecule is CN(Cc1ccccc1)C[C@@H]1C[C@H](c2ccc(CO)cc2)O[C@H](c2ccc(-c3ccccc3CNC(=O)c3cnc4ccccc4n3)cc2)O1. The number of para-hydroxylation sites is 2. The zero-order valence-electron chi connectivity index (χ0n) is 28.0. The fourth-order valence-corrected chi connectivity index (χ4v) is 6.45. The number of benzene rings is 5. The van der Waals surface area contributed by atoms with E-state index in [2.05, 4.69) is 81.8 Å². The molecule has 6 aromatic rings. The Hall–Kier alpha value is -5.25. The summed E-state index contributed by atoms with van der Waals surface area (Å²) in [7, 11) is 2.12. The first-order valence-corrected chi connectivity index (χ1v) is 16.9. The molecule has 1 aliphatic rings. The molecule has 2 N–H and O–H groups in total. The van der Waals surface area contributed by atoms with Crippen LogP contribution in [0.3, 0.4) is 0 Å². The lowest BCUT2D eigenvalue weighted by atomic mass is 9.97. The number of carbonyl (C=O) groups excluding carboxylic acids is 1. The van der Waals surface area contributed by atoms with Gasteiger partial charge in [-0.2, -0.15) is 0 Å². The molecule has 2 heterocycles. The van der Waals surface area contributed by atoms with Crippen LogP contribution >= 0.6 is 0 Å². The van der Waals surface area contributed by atoms with Crippen molar-refractivity contribution in [3.8, 4) is 11.1 Å². The zero-order chi connectivity index (χ0) is 34.3. The Kier molecular flexibility index (Phi) is 10.3. The number of aliphatic hydroxyl groups is 1. The second kappa shape index (κ2) is 15.5. The molecular formula is C42H40N4O4. The summed E-state index contributed by atoms with van der Waals surface area (Å²) in [5.41, 5.74) is 8.87. The molecule has 1 saturated heterocycles. The number of aliphatic hydroxyl groups excluding tert-OH is 1. The minimum atomic E-state index is -0.548. The first-order valence-electron chi connectivity index (χ1n) is 16.9. The number of nitrogens with zero attached hydrogens (tertiary/aromatic N) is 3. The number of hydrogen-bond acceptors (Lipinski definition) is 7. The molecular weight excluding hydrogens is 624 g/mol. The van der Waals surface area contributed by atoms with Gasteiger partial charge in [-0.1, -0.05) is 115 Å². The molecule has 8 heteroatoms. The Labute approximate surface area is 292 Å². The lowest BCUT2D eigenvalue weighted by Crippen LogP contribution is -2.37. The standard InChI is InChI=1S/C42H40N4O4/c1-46(26-29-9-3-2-4-10-29)27-35-23-40(32-17-15-30(28-47)16-18-32)50-42(49-35)33-21-19-31(20-22-33)36-12-6-5-11-34(36)24-44-41(48)39-25-43-37-13-7-8-14-38(37)45-39/h2-22,25,35,40,42,47H,23-24,26-28H2,1H3,(H,44,48)/t35-,40+,42+/m0/s1. The van der Waals surface area contributed by atoms with Gasteiger partial charge in [0.05, 0.1) is 36.0 Å². The normalized spacial score (nSPS) is 17.5. The van der Waals surface area contributed by atoms with Crippen molar-refractivity contribution in [2.45, 2.75) is 44.6 Å². The highest BCUT2D eigenvalue weighted by Crippen LogP contribution is 2.39. The number of hydrogen-bond donors (Lipinski definition) is 2. The van der Waals surface area contributed by atoms with Crippen LogP contribution < -0.4 is 5.32 Å². The molecule has 5 aromatic carbocycles. The van der Waals surface area contributed by atoms with E-state index >= 15 is 0 Å². The largest absolute Gasteiger partial charge is 0.392 e. The third-order valence-electron chi connectivity index (χ3n) is 9.06. The molecule has 1 aromatic heterocycles. The molecule has 0 spiro atoms. The van der Waals surface area contributed by atoms with Crippen LogP contribution in [0.5, 0.6) is 0 Å².